The van der Waals surface area contributed by atoms with Crippen LogP contribution in [-0.4, -0.2) is 23.3 Å². The first kappa shape index (κ1) is 24.1. The Bertz CT molecular complexity index is 1090. The number of furan rings is 1. The highest BCUT2D eigenvalue weighted by Crippen LogP contribution is 2.38. The number of carboxylic acid groups (broad SMARTS) is 1. The van der Waals surface area contributed by atoms with Crippen molar-refractivity contribution < 1.29 is 32.3 Å². The lowest BCUT2D eigenvalue weighted by molar-refractivity contribution is -0.138. The Labute approximate surface area is 188 Å². The molecule has 174 valence electrons. The van der Waals surface area contributed by atoms with E-state index in [9.17, 15) is 18.0 Å². The second kappa shape index (κ2) is 10.8. The maximum Gasteiger partial charge on any atom is 0.417 e. The van der Waals surface area contributed by atoms with Crippen LogP contribution >= 0.6 is 0 Å². The van der Waals surface area contributed by atoms with Crippen LogP contribution in [0, 0.1) is 0 Å². The summed E-state index contributed by atoms with van der Waals surface area (Å²) in [6.45, 7) is 2.53. The second-order valence-corrected chi connectivity index (χ2v) is 7.32. The van der Waals surface area contributed by atoms with Crippen LogP contribution in [0.1, 0.15) is 35.6 Å². The molecule has 0 aliphatic rings. The minimum atomic E-state index is -4.54. The maximum atomic E-state index is 13.5. The number of halogens is 3. The van der Waals surface area contributed by atoms with Crippen molar-refractivity contribution in [3.8, 4) is 11.3 Å². The van der Waals surface area contributed by atoms with Gasteiger partial charge in [-0.3, -0.25) is 4.79 Å². The highest BCUT2D eigenvalue weighted by molar-refractivity contribution is 5.98. The average molecular weight is 460 g/mol. The van der Waals surface area contributed by atoms with Gasteiger partial charge in [0.05, 0.1) is 24.0 Å². The maximum absolute atomic E-state index is 13.5. The molecule has 3 aromatic rings. The van der Waals surface area contributed by atoms with Crippen LogP contribution in [-0.2, 0) is 29.0 Å². The predicted molar refractivity (Wildman–Crippen MR) is 117 cm³/mol. The van der Waals surface area contributed by atoms with Gasteiger partial charge in [-0.2, -0.15) is 13.2 Å². The van der Waals surface area contributed by atoms with Crippen molar-refractivity contribution in [1.29, 1.82) is 0 Å². The molecule has 9 heteroatoms. The minimum Gasteiger partial charge on any atom is -0.481 e. The van der Waals surface area contributed by atoms with Crippen molar-refractivity contribution >= 4 is 11.7 Å². The zero-order valence-corrected chi connectivity index (χ0v) is 17.9. The van der Waals surface area contributed by atoms with Crippen molar-refractivity contribution in [2.45, 2.75) is 32.7 Å². The molecule has 0 saturated carbocycles. The van der Waals surface area contributed by atoms with Crippen LogP contribution in [0.15, 0.2) is 70.4 Å². The molecule has 3 rings (SSSR count). The summed E-state index contributed by atoms with van der Waals surface area (Å²) in [4.78, 5) is 15.8. The van der Waals surface area contributed by atoms with Crippen LogP contribution in [0.25, 0.3) is 11.3 Å². The fourth-order valence-corrected chi connectivity index (χ4v) is 3.11. The highest BCUT2D eigenvalue weighted by Gasteiger charge is 2.34. The summed E-state index contributed by atoms with van der Waals surface area (Å²) in [7, 11) is 0. The lowest BCUT2D eigenvalue weighted by Gasteiger charge is -2.13. The SMILES string of the molecule is CC(=NOCc1ccc(-c2ccco2)c(C(F)(F)F)c1)c1ccc(CNCCC(=O)O)cc1. The molecule has 0 atom stereocenters. The van der Waals surface area contributed by atoms with Gasteiger partial charge in [0.2, 0.25) is 0 Å². The number of oxime groups is 1. The van der Waals surface area contributed by atoms with E-state index in [1.165, 1.54) is 24.5 Å². The van der Waals surface area contributed by atoms with Crippen molar-refractivity contribution in [3.63, 3.8) is 0 Å². The van der Waals surface area contributed by atoms with E-state index in [0.717, 1.165) is 17.2 Å². The second-order valence-electron chi connectivity index (χ2n) is 7.32. The molecule has 1 aromatic heterocycles. The topological polar surface area (TPSA) is 84.1 Å². The van der Waals surface area contributed by atoms with E-state index in [4.69, 9.17) is 14.4 Å². The molecular weight excluding hydrogens is 437 g/mol. The summed E-state index contributed by atoms with van der Waals surface area (Å²) in [5, 5.41) is 15.7. The summed E-state index contributed by atoms with van der Waals surface area (Å²) < 4.78 is 45.7. The zero-order chi connectivity index (χ0) is 23.8. The van der Waals surface area contributed by atoms with E-state index in [2.05, 4.69) is 10.5 Å². The number of alkyl halides is 3. The largest absolute Gasteiger partial charge is 0.481 e. The van der Waals surface area contributed by atoms with Gasteiger partial charge < -0.3 is 19.7 Å². The molecule has 0 bridgehead atoms. The molecule has 2 N–H and O–H groups in total. The quantitative estimate of drug-likeness (QED) is 0.238. The van der Waals surface area contributed by atoms with Crippen molar-refractivity contribution in [1.82, 2.24) is 5.32 Å². The van der Waals surface area contributed by atoms with Gasteiger partial charge >= 0.3 is 12.1 Å². The molecule has 0 aliphatic carbocycles. The number of carboxylic acids is 1. The van der Waals surface area contributed by atoms with E-state index < -0.39 is 17.7 Å². The van der Waals surface area contributed by atoms with Crippen LogP contribution < -0.4 is 5.32 Å². The number of aliphatic carboxylic acids is 1. The third kappa shape index (κ3) is 6.95. The Morgan fingerprint density at radius 1 is 1.12 bits per heavy atom. The Morgan fingerprint density at radius 3 is 2.48 bits per heavy atom. The van der Waals surface area contributed by atoms with Crippen LogP contribution in [0.4, 0.5) is 13.2 Å². The third-order valence-corrected chi connectivity index (χ3v) is 4.83. The van der Waals surface area contributed by atoms with E-state index in [1.54, 1.807) is 13.0 Å². The monoisotopic (exact) mass is 460 g/mol. The number of benzene rings is 2. The predicted octanol–water partition coefficient (Wildman–Crippen LogP) is 5.47. The van der Waals surface area contributed by atoms with E-state index in [-0.39, 0.29) is 24.4 Å². The van der Waals surface area contributed by atoms with Gasteiger partial charge in [-0.25, -0.2) is 0 Å². The Morgan fingerprint density at radius 2 is 1.85 bits per heavy atom. The van der Waals surface area contributed by atoms with E-state index in [1.807, 2.05) is 24.3 Å². The molecule has 33 heavy (non-hydrogen) atoms. The molecule has 0 fully saturated rings. The first-order valence-electron chi connectivity index (χ1n) is 10.2. The summed E-state index contributed by atoms with van der Waals surface area (Å²) in [5.41, 5.74) is 1.85. The number of nitrogens with one attached hydrogen (secondary N) is 1. The first-order valence-corrected chi connectivity index (χ1v) is 10.2. The molecule has 2 aromatic carbocycles. The van der Waals surface area contributed by atoms with Crippen molar-refractivity contribution in [3.05, 3.63) is 83.1 Å². The Kier molecular flexibility index (Phi) is 7.89. The number of hydrogen-bond donors (Lipinski definition) is 2. The highest BCUT2D eigenvalue weighted by atomic mass is 19.4. The summed E-state index contributed by atoms with van der Waals surface area (Å²) in [5.74, 6) is -0.711. The fraction of sp³-hybridized carbons (Fsp3) is 0.250. The third-order valence-electron chi connectivity index (χ3n) is 4.83. The Hall–Kier alpha value is -3.59. The van der Waals surface area contributed by atoms with Gasteiger partial charge in [0, 0.05) is 18.7 Å². The molecule has 1 heterocycles. The normalized spacial score (nSPS) is 12.1. The van der Waals surface area contributed by atoms with Gasteiger partial charge in [-0.15, -0.1) is 0 Å². The standard InChI is InChI=1S/C24H23F3N2O4/c1-16(19-7-4-17(5-8-19)14-28-11-10-23(30)31)29-33-15-18-6-9-20(22-3-2-12-32-22)21(13-18)24(25,26)27/h2-9,12-13,28H,10-11,14-15H2,1H3,(H,30,31). The molecule has 0 saturated heterocycles. The first-order chi connectivity index (χ1) is 15.7. The van der Waals surface area contributed by atoms with Gasteiger partial charge in [-0.05, 0) is 41.8 Å². The number of nitrogens with zero attached hydrogens (tertiary/aromatic N) is 1. The number of carbonyl (C=O) groups is 1. The molecule has 0 aliphatic heterocycles. The van der Waals surface area contributed by atoms with Gasteiger partial charge in [0.1, 0.15) is 12.4 Å². The average Bonchev–Trinajstić information content (AvgIpc) is 3.31. The van der Waals surface area contributed by atoms with Gasteiger partial charge in [-0.1, -0.05) is 41.6 Å². The van der Waals surface area contributed by atoms with Crippen LogP contribution in [0.3, 0.4) is 0 Å². The minimum absolute atomic E-state index is 0.0338. The Balaban J connectivity index is 1.60. The van der Waals surface area contributed by atoms with Crippen molar-refractivity contribution in [2.75, 3.05) is 6.54 Å². The molecule has 6 nitrogen and oxygen atoms in total. The fourth-order valence-electron chi connectivity index (χ4n) is 3.11. The molecule has 0 unspecified atom stereocenters. The van der Waals surface area contributed by atoms with Gasteiger partial charge in [0.25, 0.3) is 0 Å². The molecule has 0 amide bonds. The van der Waals surface area contributed by atoms with Gasteiger partial charge in [0.15, 0.2) is 0 Å². The zero-order valence-electron chi connectivity index (χ0n) is 17.9. The van der Waals surface area contributed by atoms with Crippen LogP contribution in [0.5, 0.6) is 0 Å². The lowest BCUT2D eigenvalue weighted by atomic mass is 10.0. The number of rotatable bonds is 10. The molecule has 0 spiro atoms. The van der Waals surface area contributed by atoms with Crippen LogP contribution in [0.2, 0.25) is 0 Å². The smallest absolute Gasteiger partial charge is 0.417 e. The summed E-state index contributed by atoms with van der Waals surface area (Å²) in [6, 6.07) is 14.4. The van der Waals surface area contributed by atoms with E-state index in [0.29, 0.717) is 24.4 Å². The number of hydrogen-bond acceptors (Lipinski definition) is 5. The summed E-state index contributed by atoms with van der Waals surface area (Å²) in [6.07, 6.45) is -3.16. The summed E-state index contributed by atoms with van der Waals surface area (Å²) >= 11 is 0. The lowest BCUT2D eigenvalue weighted by Crippen LogP contribution is -2.17. The molecule has 0 radical (unpaired) electrons. The molecular formula is C24H23F3N2O4. The van der Waals surface area contributed by atoms with Crippen molar-refractivity contribution in [2.24, 2.45) is 5.16 Å². The van der Waals surface area contributed by atoms with E-state index >= 15 is 0 Å².